The van der Waals surface area contributed by atoms with Gasteiger partial charge in [0.1, 0.15) is 6.61 Å². The number of halogens is 1. The van der Waals surface area contributed by atoms with Crippen molar-refractivity contribution in [3.8, 4) is 17.1 Å². The van der Waals surface area contributed by atoms with Crippen LogP contribution in [0.4, 0.5) is 5.95 Å². The molecule has 47 heavy (non-hydrogen) atoms. The Morgan fingerprint density at radius 3 is 2.26 bits per heavy atom. The number of aromatic carboxylic acids is 1. The number of nitrogens with one attached hydrogen (secondary N) is 2. The van der Waals surface area contributed by atoms with Crippen LogP contribution in [0.5, 0.6) is 5.88 Å². The third-order valence-electron chi connectivity index (χ3n) is 8.87. The van der Waals surface area contributed by atoms with Crippen LogP contribution in [0, 0.1) is 30.1 Å². The van der Waals surface area contributed by atoms with Crippen LogP contribution < -0.4 is 14.8 Å². The zero-order chi connectivity index (χ0) is 33.5. The SMILES string of the molecule is COC(=O)C12CC(CN[C@@H](COc3cc(-c4c(C)cccc4C)nc(NS(=O)(=O)c4cccc(C(=O)O)c4)n3)CC(C)(C)C)(C1)C2.Cl. The number of nitrogens with zero attached hydrogens (tertiary/aromatic N) is 2. The number of ether oxygens (including phenoxy) is 2. The zero-order valence-corrected chi connectivity index (χ0v) is 29.2. The number of methoxy groups -OCH3 is 1. The predicted octanol–water partition coefficient (Wildman–Crippen LogP) is 5.80. The van der Waals surface area contributed by atoms with E-state index in [1.54, 1.807) is 6.07 Å². The van der Waals surface area contributed by atoms with Crippen LogP contribution in [0.1, 0.15) is 67.9 Å². The Morgan fingerprint density at radius 1 is 1.02 bits per heavy atom. The van der Waals surface area contributed by atoms with Gasteiger partial charge >= 0.3 is 11.9 Å². The van der Waals surface area contributed by atoms with Crippen LogP contribution in [0.25, 0.3) is 11.3 Å². The third kappa shape index (κ3) is 7.88. The summed E-state index contributed by atoms with van der Waals surface area (Å²) in [6.45, 7) is 11.4. The number of carboxylic acids is 1. The van der Waals surface area contributed by atoms with Gasteiger partial charge in [0.05, 0.1) is 28.7 Å². The minimum Gasteiger partial charge on any atom is -0.478 e. The normalized spacial score (nSPS) is 20.6. The molecule has 6 rings (SSSR count). The minimum atomic E-state index is -4.23. The van der Waals surface area contributed by atoms with Crippen LogP contribution in [0.2, 0.25) is 0 Å². The summed E-state index contributed by atoms with van der Waals surface area (Å²) < 4.78 is 40.4. The molecule has 3 saturated carbocycles. The summed E-state index contributed by atoms with van der Waals surface area (Å²) in [6, 6.07) is 12.6. The van der Waals surface area contributed by atoms with Gasteiger partial charge in [-0.3, -0.25) is 4.79 Å². The van der Waals surface area contributed by atoms with Gasteiger partial charge in [-0.1, -0.05) is 45.0 Å². The zero-order valence-electron chi connectivity index (χ0n) is 27.5. The number of carbonyl (C=O) groups is 2. The quantitative estimate of drug-likeness (QED) is 0.188. The van der Waals surface area contributed by atoms with Crippen molar-refractivity contribution in [1.29, 1.82) is 0 Å². The second-order valence-electron chi connectivity index (χ2n) is 14.1. The van der Waals surface area contributed by atoms with Crippen molar-refractivity contribution in [3.05, 3.63) is 65.2 Å². The van der Waals surface area contributed by atoms with Crippen LogP contribution in [0.15, 0.2) is 53.4 Å². The largest absolute Gasteiger partial charge is 0.478 e. The van der Waals surface area contributed by atoms with Gasteiger partial charge < -0.3 is 19.9 Å². The smallest absolute Gasteiger partial charge is 0.335 e. The summed E-state index contributed by atoms with van der Waals surface area (Å²) in [5, 5.41) is 13.0. The monoisotopic (exact) mass is 686 g/mol. The fourth-order valence-corrected chi connectivity index (χ4v) is 7.95. The Hall–Kier alpha value is -3.74. The van der Waals surface area contributed by atoms with E-state index in [1.807, 2.05) is 32.0 Å². The highest BCUT2D eigenvalue weighted by molar-refractivity contribution is 7.92. The molecule has 3 N–H and O–H groups in total. The Bertz CT molecular complexity index is 1730. The molecule has 254 valence electrons. The van der Waals surface area contributed by atoms with E-state index in [2.05, 4.69) is 40.8 Å². The number of aryl methyl sites for hydroxylation is 2. The van der Waals surface area contributed by atoms with Gasteiger partial charge in [-0.05, 0) is 79.7 Å². The van der Waals surface area contributed by atoms with Crippen molar-refractivity contribution in [2.45, 2.75) is 71.2 Å². The standard InChI is InChI=1S/C34H42N4O7S.ClH/c1-21-9-7-10-22(2)28(21)26-14-27(37-31(36-26)38-46(42,43)25-12-8-11-23(13-25)29(39)40)45-16-24(15-32(3,4)5)35-20-33-17-34(18-33,19-33)30(41)44-6;/h7-14,24,35H,15-20H2,1-6H3,(H,39,40)(H,36,37,38);1H/t24-,33?,34?;/m1./s1. The lowest BCUT2D eigenvalue weighted by atomic mass is 9.35. The molecule has 0 unspecified atom stereocenters. The molecule has 2 aromatic carbocycles. The number of anilines is 1. The molecular weight excluding hydrogens is 644 g/mol. The van der Waals surface area contributed by atoms with Crippen molar-refractivity contribution in [2.24, 2.45) is 16.2 Å². The molecular formula is C34H43ClN4O7S. The topological polar surface area (TPSA) is 157 Å². The van der Waals surface area contributed by atoms with E-state index in [9.17, 15) is 23.1 Å². The van der Waals surface area contributed by atoms with E-state index < -0.39 is 16.0 Å². The molecule has 0 radical (unpaired) electrons. The molecule has 3 aliphatic rings. The number of sulfonamides is 1. The molecule has 0 spiro atoms. The van der Waals surface area contributed by atoms with E-state index in [-0.39, 0.29) is 69.6 Å². The van der Waals surface area contributed by atoms with Crippen LogP contribution in [-0.4, -0.2) is 61.7 Å². The molecule has 1 heterocycles. The van der Waals surface area contributed by atoms with Crippen molar-refractivity contribution in [1.82, 2.24) is 15.3 Å². The van der Waals surface area contributed by atoms with Gasteiger partial charge in [-0.2, -0.15) is 4.98 Å². The Kier molecular flexibility index (Phi) is 10.3. The first-order valence-corrected chi connectivity index (χ1v) is 16.8. The molecule has 3 aliphatic carbocycles. The van der Waals surface area contributed by atoms with Gasteiger partial charge in [0.25, 0.3) is 10.0 Å². The molecule has 0 amide bonds. The van der Waals surface area contributed by atoms with E-state index in [0.29, 0.717) is 5.69 Å². The van der Waals surface area contributed by atoms with Crippen molar-refractivity contribution in [2.75, 3.05) is 25.0 Å². The lowest BCUT2D eigenvalue weighted by Crippen LogP contribution is -2.69. The second kappa shape index (κ2) is 13.4. The molecule has 11 nitrogen and oxygen atoms in total. The van der Waals surface area contributed by atoms with Gasteiger partial charge in [0.2, 0.25) is 11.8 Å². The Balaban J connectivity index is 0.00000500. The molecule has 1 aromatic heterocycles. The first-order chi connectivity index (χ1) is 21.5. The summed E-state index contributed by atoms with van der Waals surface area (Å²) in [4.78, 5) is 32.3. The molecule has 0 aliphatic heterocycles. The summed E-state index contributed by atoms with van der Waals surface area (Å²) in [5.74, 6) is -1.36. The summed E-state index contributed by atoms with van der Waals surface area (Å²) in [5.41, 5.74) is 2.83. The summed E-state index contributed by atoms with van der Waals surface area (Å²) in [6.07, 6.45) is 3.28. The van der Waals surface area contributed by atoms with Crippen molar-refractivity contribution in [3.63, 3.8) is 0 Å². The molecule has 1 atom stereocenters. The molecule has 2 bridgehead atoms. The maximum Gasteiger partial charge on any atom is 0.335 e. The minimum absolute atomic E-state index is 0. The summed E-state index contributed by atoms with van der Waals surface area (Å²) in [7, 11) is -2.79. The molecule has 3 fully saturated rings. The number of aromatic nitrogens is 2. The predicted molar refractivity (Wildman–Crippen MR) is 180 cm³/mol. The Labute approximate surface area is 282 Å². The molecule has 3 aromatic rings. The van der Waals surface area contributed by atoms with Gasteiger partial charge in [-0.15, -0.1) is 12.4 Å². The number of hydrogen-bond donors (Lipinski definition) is 3. The number of benzene rings is 2. The van der Waals surface area contributed by atoms with Gasteiger partial charge in [0, 0.05) is 24.2 Å². The van der Waals surface area contributed by atoms with E-state index in [1.165, 1.54) is 25.3 Å². The van der Waals surface area contributed by atoms with E-state index in [0.717, 1.165) is 55.0 Å². The average Bonchev–Trinajstić information content (AvgIpc) is 2.93. The van der Waals surface area contributed by atoms with Crippen molar-refractivity contribution < 1.29 is 32.6 Å². The van der Waals surface area contributed by atoms with Crippen LogP contribution in [0.3, 0.4) is 0 Å². The van der Waals surface area contributed by atoms with E-state index >= 15 is 0 Å². The van der Waals surface area contributed by atoms with Gasteiger partial charge in [-0.25, -0.2) is 22.9 Å². The maximum absolute atomic E-state index is 13.3. The Morgan fingerprint density at radius 2 is 1.66 bits per heavy atom. The van der Waals surface area contributed by atoms with Crippen LogP contribution >= 0.6 is 12.4 Å². The number of carboxylic acid groups (broad SMARTS) is 1. The first kappa shape index (κ1) is 36.1. The fourth-order valence-electron chi connectivity index (χ4n) is 6.96. The molecule has 13 heteroatoms. The molecule has 0 saturated heterocycles. The average molecular weight is 687 g/mol. The fraction of sp³-hybridized carbons (Fsp3) is 0.471. The van der Waals surface area contributed by atoms with Crippen LogP contribution in [-0.2, 0) is 19.6 Å². The number of esters is 1. The number of carbonyl (C=O) groups excluding carboxylic acids is 1. The number of hydrogen-bond acceptors (Lipinski definition) is 9. The maximum atomic E-state index is 13.3. The lowest BCUT2D eigenvalue weighted by molar-refractivity contribution is -0.224. The third-order valence-corrected chi connectivity index (χ3v) is 10.2. The highest BCUT2D eigenvalue weighted by Gasteiger charge is 2.71. The number of rotatable bonds is 13. The highest BCUT2D eigenvalue weighted by atomic mass is 35.5. The highest BCUT2D eigenvalue weighted by Crippen LogP contribution is 2.73. The first-order valence-electron chi connectivity index (χ1n) is 15.3. The van der Waals surface area contributed by atoms with E-state index in [4.69, 9.17) is 9.47 Å². The summed E-state index contributed by atoms with van der Waals surface area (Å²) >= 11 is 0. The van der Waals surface area contributed by atoms with Crippen molar-refractivity contribution >= 4 is 40.3 Å². The lowest BCUT2D eigenvalue weighted by Gasteiger charge is -2.69. The second-order valence-corrected chi connectivity index (χ2v) is 15.8. The van der Waals surface area contributed by atoms with Gasteiger partial charge in [0.15, 0.2) is 0 Å².